The van der Waals surface area contributed by atoms with Gasteiger partial charge in [-0.1, -0.05) is 25.1 Å². The minimum absolute atomic E-state index is 0.0778. The number of nitrogens with zero attached hydrogens (tertiary/aromatic N) is 3. The highest BCUT2D eigenvalue weighted by Gasteiger charge is 2.08. The molecule has 0 unspecified atom stereocenters. The Balaban J connectivity index is 2.23. The Bertz CT molecular complexity index is 658. The highest BCUT2D eigenvalue weighted by molar-refractivity contribution is 6.03. The Labute approximate surface area is 124 Å². The molecule has 1 aromatic heterocycles. The number of rotatable bonds is 5. The molecule has 0 saturated carbocycles. The largest absolute Gasteiger partial charge is 0.322 e. The average Bonchev–Trinajstić information content (AvgIpc) is 2.96. The summed E-state index contributed by atoms with van der Waals surface area (Å²) in [5.41, 5.74) is 2.41. The topological polar surface area (TPSA) is 59.8 Å². The number of nitrogens with one attached hydrogen (secondary N) is 1. The minimum atomic E-state index is -0.0778. The summed E-state index contributed by atoms with van der Waals surface area (Å²) >= 11 is 0. The van der Waals surface area contributed by atoms with Crippen molar-refractivity contribution in [2.75, 3.05) is 5.32 Å². The van der Waals surface area contributed by atoms with Crippen molar-refractivity contribution in [1.82, 2.24) is 14.8 Å². The molecule has 1 amide bonds. The van der Waals surface area contributed by atoms with Crippen LogP contribution < -0.4 is 5.32 Å². The smallest absolute Gasteiger partial charge is 0.250 e. The molecule has 110 valence electrons. The van der Waals surface area contributed by atoms with E-state index >= 15 is 0 Å². The molecule has 2 aromatic rings. The van der Waals surface area contributed by atoms with E-state index in [9.17, 15) is 4.79 Å². The van der Waals surface area contributed by atoms with Crippen molar-refractivity contribution in [2.24, 2.45) is 0 Å². The molecule has 0 aliphatic rings. The zero-order valence-corrected chi connectivity index (χ0v) is 12.6. The highest BCUT2D eigenvalue weighted by Crippen LogP contribution is 2.21. The Morgan fingerprint density at radius 3 is 2.90 bits per heavy atom. The van der Waals surface area contributed by atoms with Crippen LogP contribution in [0.1, 0.15) is 27.2 Å². The number of anilines is 1. The van der Waals surface area contributed by atoms with Gasteiger partial charge in [-0.2, -0.15) is 0 Å². The van der Waals surface area contributed by atoms with E-state index in [0.29, 0.717) is 0 Å². The number of carbonyl (C=O) groups excluding carboxylic acids is 1. The molecule has 0 radical (unpaired) electrons. The molecule has 1 aromatic carbocycles. The summed E-state index contributed by atoms with van der Waals surface area (Å²) in [5.74, 6) is 0.723. The number of carbonyl (C=O) groups is 1. The predicted octanol–water partition coefficient (Wildman–Crippen LogP) is 3.26. The second kappa shape index (κ2) is 6.83. The van der Waals surface area contributed by atoms with Crippen LogP contribution in [-0.2, 0) is 11.3 Å². The van der Waals surface area contributed by atoms with Gasteiger partial charge < -0.3 is 9.88 Å². The molecule has 0 aliphatic carbocycles. The first-order valence-corrected chi connectivity index (χ1v) is 7.12. The van der Waals surface area contributed by atoms with Gasteiger partial charge in [0.05, 0.1) is 0 Å². The zero-order chi connectivity index (χ0) is 15.2. The third kappa shape index (κ3) is 3.56. The third-order valence-electron chi connectivity index (χ3n) is 3.20. The van der Waals surface area contributed by atoms with E-state index in [1.165, 1.54) is 0 Å². The van der Waals surface area contributed by atoms with E-state index in [-0.39, 0.29) is 5.91 Å². The van der Waals surface area contributed by atoms with Crippen LogP contribution in [0.4, 0.5) is 5.69 Å². The number of benzene rings is 1. The fourth-order valence-corrected chi connectivity index (χ4v) is 2.07. The van der Waals surface area contributed by atoms with Gasteiger partial charge in [-0.05, 0) is 32.4 Å². The van der Waals surface area contributed by atoms with E-state index in [2.05, 4.69) is 15.5 Å². The van der Waals surface area contributed by atoms with Crippen LogP contribution in [-0.4, -0.2) is 20.7 Å². The average molecular weight is 284 g/mol. The zero-order valence-electron chi connectivity index (χ0n) is 12.6. The van der Waals surface area contributed by atoms with Gasteiger partial charge in [-0.15, -0.1) is 10.2 Å². The standard InChI is InChI=1S/C16H20N4O/c1-4-7-12(3)16(21)18-14-9-6-8-13(10-14)15-19-17-11-20(15)5-2/h6-11H,4-5H2,1-3H3,(H,18,21)/b12-7+. The molecular formula is C16H20N4O. The number of hydrogen-bond acceptors (Lipinski definition) is 3. The Morgan fingerprint density at radius 1 is 1.38 bits per heavy atom. The quantitative estimate of drug-likeness (QED) is 0.857. The van der Waals surface area contributed by atoms with Gasteiger partial charge >= 0.3 is 0 Å². The van der Waals surface area contributed by atoms with Gasteiger partial charge in [0.25, 0.3) is 5.91 Å². The minimum Gasteiger partial charge on any atom is -0.322 e. The first kappa shape index (κ1) is 15.0. The number of amides is 1. The highest BCUT2D eigenvalue weighted by atomic mass is 16.1. The van der Waals surface area contributed by atoms with Crippen molar-refractivity contribution < 1.29 is 4.79 Å². The number of aryl methyl sites for hydroxylation is 1. The van der Waals surface area contributed by atoms with Crippen molar-refractivity contribution >= 4 is 11.6 Å². The molecule has 0 fully saturated rings. The van der Waals surface area contributed by atoms with Gasteiger partial charge in [0.15, 0.2) is 5.82 Å². The van der Waals surface area contributed by atoms with Crippen LogP contribution in [0.3, 0.4) is 0 Å². The fourth-order valence-electron chi connectivity index (χ4n) is 2.07. The van der Waals surface area contributed by atoms with Crippen LogP contribution in [0.15, 0.2) is 42.2 Å². The van der Waals surface area contributed by atoms with Gasteiger partial charge in [0, 0.05) is 23.4 Å². The first-order chi connectivity index (χ1) is 10.2. The van der Waals surface area contributed by atoms with Gasteiger partial charge in [0.2, 0.25) is 0 Å². The monoisotopic (exact) mass is 284 g/mol. The van der Waals surface area contributed by atoms with E-state index in [4.69, 9.17) is 0 Å². The summed E-state index contributed by atoms with van der Waals surface area (Å²) in [7, 11) is 0. The maximum atomic E-state index is 12.0. The van der Waals surface area contributed by atoms with E-state index in [1.807, 2.05) is 55.7 Å². The van der Waals surface area contributed by atoms with Crippen molar-refractivity contribution in [3.05, 3.63) is 42.2 Å². The maximum Gasteiger partial charge on any atom is 0.250 e. The summed E-state index contributed by atoms with van der Waals surface area (Å²) in [4.78, 5) is 12.0. The summed E-state index contributed by atoms with van der Waals surface area (Å²) in [6, 6.07) is 7.64. The van der Waals surface area contributed by atoms with Crippen molar-refractivity contribution in [2.45, 2.75) is 33.7 Å². The van der Waals surface area contributed by atoms with E-state index < -0.39 is 0 Å². The number of aromatic nitrogens is 3. The summed E-state index contributed by atoms with van der Waals surface area (Å²) < 4.78 is 1.96. The molecule has 1 heterocycles. The SMILES string of the molecule is CC/C=C(\C)C(=O)Nc1cccc(-c2nncn2CC)c1. The summed E-state index contributed by atoms with van der Waals surface area (Å²) in [6.45, 7) is 6.67. The third-order valence-corrected chi connectivity index (χ3v) is 3.20. The van der Waals surface area contributed by atoms with Crippen molar-refractivity contribution in [3.63, 3.8) is 0 Å². The Morgan fingerprint density at radius 2 is 2.19 bits per heavy atom. The molecular weight excluding hydrogens is 264 g/mol. The van der Waals surface area contributed by atoms with E-state index in [0.717, 1.165) is 35.6 Å². The van der Waals surface area contributed by atoms with Crippen LogP contribution in [0.2, 0.25) is 0 Å². The van der Waals surface area contributed by atoms with Crippen LogP contribution in [0.25, 0.3) is 11.4 Å². The van der Waals surface area contributed by atoms with Crippen molar-refractivity contribution in [3.8, 4) is 11.4 Å². The van der Waals surface area contributed by atoms with Crippen LogP contribution in [0.5, 0.6) is 0 Å². The second-order valence-electron chi connectivity index (χ2n) is 4.77. The second-order valence-corrected chi connectivity index (χ2v) is 4.77. The van der Waals surface area contributed by atoms with Crippen molar-refractivity contribution in [1.29, 1.82) is 0 Å². The number of hydrogen-bond donors (Lipinski definition) is 1. The fraction of sp³-hybridized carbons (Fsp3) is 0.312. The molecule has 2 rings (SSSR count). The van der Waals surface area contributed by atoms with Crippen LogP contribution >= 0.6 is 0 Å². The normalized spacial score (nSPS) is 11.5. The Kier molecular flexibility index (Phi) is 4.87. The summed E-state index contributed by atoms with van der Waals surface area (Å²) in [5, 5.41) is 11.0. The lowest BCUT2D eigenvalue weighted by Gasteiger charge is -2.08. The van der Waals surface area contributed by atoms with Crippen LogP contribution in [0, 0.1) is 0 Å². The number of allylic oxidation sites excluding steroid dienone is 1. The molecule has 5 heteroatoms. The van der Waals surface area contributed by atoms with E-state index in [1.54, 1.807) is 6.33 Å². The molecule has 5 nitrogen and oxygen atoms in total. The van der Waals surface area contributed by atoms with Gasteiger partial charge in [-0.3, -0.25) is 4.79 Å². The lowest BCUT2D eigenvalue weighted by molar-refractivity contribution is -0.112. The maximum absolute atomic E-state index is 12.0. The lowest BCUT2D eigenvalue weighted by atomic mass is 10.1. The molecule has 0 spiro atoms. The molecule has 1 N–H and O–H groups in total. The molecule has 0 atom stereocenters. The lowest BCUT2D eigenvalue weighted by Crippen LogP contribution is -2.12. The van der Waals surface area contributed by atoms with Gasteiger partial charge in [-0.25, -0.2) is 0 Å². The molecule has 21 heavy (non-hydrogen) atoms. The molecule has 0 aliphatic heterocycles. The first-order valence-electron chi connectivity index (χ1n) is 7.12. The molecule has 0 bridgehead atoms. The predicted molar refractivity (Wildman–Crippen MR) is 83.8 cm³/mol. The summed E-state index contributed by atoms with van der Waals surface area (Å²) in [6.07, 6.45) is 4.46. The Hall–Kier alpha value is -2.43. The van der Waals surface area contributed by atoms with Gasteiger partial charge in [0.1, 0.15) is 6.33 Å². The molecule has 0 saturated heterocycles.